The first-order valence-corrected chi connectivity index (χ1v) is 8.95. The molecule has 1 amide bonds. The van der Waals surface area contributed by atoms with E-state index in [0.29, 0.717) is 32.0 Å². The van der Waals surface area contributed by atoms with Gasteiger partial charge in [0.2, 0.25) is 0 Å². The number of para-hydroxylation sites is 1. The Morgan fingerprint density at radius 2 is 2.15 bits per heavy atom. The molecule has 136 valence electrons. The van der Waals surface area contributed by atoms with E-state index in [-0.39, 0.29) is 11.8 Å². The van der Waals surface area contributed by atoms with E-state index in [1.165, 1.54) is 0 Å². The summed E-state index contributed by atoms with van der Waals surface area (Å²) < 4.78 is 9.52. The number of aryl methyl sites for hydroxylation is 1. The lowest BCUT2D eigenvalue weighted by Gasteiger charge is -2.23. The highest BCUT2D eigenvalue weighted by atomic mass is 16.5. The van der Waals surface area contributed by atoms with Crippen LogP contribution in [0.2, 0.25) is 0 Å². The van der Waals surface area contributed by atoms with Crippen LogP contribution in [-0.4, -0.2) is 49.9 Å². The second-order valence-electron chi connectivity index (χ2n) is 6.74. The second-order valence-corrected chi connectivity index (χ2v) is 6.74. The molecule has 0 aliphatic carbocycles. The van der Waals surface area contributed by atoms with Crippen LogP contribution in [-0.2, 0) is 24.9 Å². The molecular weight excluding hydrogens is 330 g/mol. The van der Waals surface area contributed by atoms with E-state index < -0.39 is 0 Å². The molecule has 1 aliphatic rings. The zero-order valence-corrected chi connectivity index (χ0v) is 15.1. The SMILES string of the molecule is CCOC[C@H]1CN(C(=O)c2nn(C)c3ccccc23)Cc2cncn2C1. The van der Waals surface area contributed by atoms with Crippen LogP contribution < -0.4 is 0 Å². The number of hydrogen-bond donors (Lipinski definition) is 0. The molecule has 2 aromatic heterocycles. The Labute approximate surface area is 152 Å². The van der Waals surface area contributed by atoms with Crippen molar-refractivity contribution in [3.8, 4) is 0 Å². The third-order valence-electron chi connectivity index (χ3n) is 4.89. The zero-order valence-electron chi connectivity index (χ0n) is 15.1. The number of hydrogen-bond acceptors (Lipinski definition) is 4. The highest BCUT2D eigenvalue weighted by Gasteiger charge is 2.28. The summed E-state index contributed by atoms with van der Waals surface area (Å²) in [5, 5.41) is 5.39. The lowest BCUT2D eigenvalue weighted by Crippen LogP contribution is -2.35. The number of imidazole rings is 1. The molecule has 1 atom stereocenters. The quantitative estimate of drug-likeness (QED) is 0.720. The minimum atomic E-state index is -0.0436. The maximum absolute atomic E-state index is 13.3. The average Bonchev–Trinajstić information content (AvgIpc) is 3.18. The van der Waals surface area contributed by atoms with E-state index in [4.69, 9.17) is 4.74 Å². The third kappa shape index (κ3) is 2.99. The fourth-order valence-corrected chi connectivity index (χ4v) is 3.62. The van der Waals surface area contributed by atoms with Crippen molar-refractivity contribution in [2.45, 2.75) is 20.0 Å². The van der Waals surface area contributed by atoms with Gasteiger partial charge in [-0.05, 0) is 13.0 Å². The summed E-state index contributed by atoms with van der Waals surface area (Å²) in [4.78, 5) is 19.4. The molecule has 0 saturated carbocycles. The molecule has 0 unspecified atom stereocenters. The van der Waals surface area contributed by atoms with Crippen LogP contribution in [0.25, 0.3) is 10.9 Å². The Hall–Kier alpha value is -2.67. The second kappa shape index (κ2) is 6.92. The molecule has 0 spiro atoms. The molecule has 1 aliphatic heterocycles. The molecule has 26 heavy (non-hydrogen) atoms. The summed E-state index contributed by atoms with van der Waals surface area (Å²) in [5.41, 5.74) is 2.50. The van der Waals surface area contributed by atoms with Gasteiger partial charge >= 0.3 is 0 Å². The first-order chi connectivity index (χ1) is 12.7. The molecule has 1 aromatic carbocycles. The Morgan fingerprint density at radius 3 is 3.00 bits per heavy atom. The van der Waals surface area contributed by atoms with Crippen molar-refractivity contribution in [1.82, 2.24) is 24.2 Å². The van der Waals surface area contributed by atoms with Crippen LogP contribution >= 0.6 is 0 Å². The van der Waals surface area contributed by atoms with E-state index in [1.54, 1.807) is 4.68 Å². The van der Waals surface area contributed by atoms with Gasteiger partial charge in [-0.3, -0.25) is 9.48 Å². The van der Waals surface area contributed by atoms with Gasteiger partial charge in [0.25, 0.3) is 5.91 Å². The highest BCUT2D eigenvalue weighted by Crippen LogP contribution is 2.23. The average molecular weight is 353 g/mol. The third-order valence-corrected chi connectivity index (χ3v) is 4.89. The molecule has 0 radical (unpaired) electrons. The number of fused-ring (bicyclic) bond motifs is 2. The van der Waals surface area contributed by atoms with Gasteiger partial charge in [0.15, 0.2) is 5.69 Å². The van der Waals surface area contributed by atoms with Gasteiger partial charge in [-0.25, -0.2) is 4.98 Å². The molecule has 3 heterocycles. The van der Waals surface area contributed by atoms with Crippen LogP contribution in [0.1, 0.15) is 23.1 Å². The van der Waals surface area contributed by atoms with E-state index in [0.717, 1.165) is 23.1 Å². The maximum atomic E-state index is 13.3. The Bertz CT molecular complexity index is 929. The molecule has 0 N–H and O–H groups in total. The van der Waals surface area contributed by atoms with Gasteiger partial charge in [0.05, 0.1) is 30.7 Å². The van der Waals surface area contributed by atoms with Crippen LogP contribution in [0.4, 0.5) is 0 Å². The minimum Gasteiger partial charge on any atom is -0.381 e. The summed E-state index contributed by atoms with van der Waals surface area (Å²) in [6.07, 6.45) is 3.66. The number of carbonyl (C=O) groups excluding carboxylic acids is 1. The van der Waals surface area contributed by atoms with Gasteiger partial charge in [-0.15, -0.1) is 0 Å². The van der Waals surface area contributed by atoms with Crippen molar-refractivity contribution in [2.75, 3.05) is 19.8 Å². The number of ether oxygens (including phenoxy) is 1. The molecule has 0 saturated heterocycles. The molecule has 4 rings (SSSR count). The normalized spacial score (nSPS) is 17.3. The van der Waals surface area contributed by atoms with E-state index in [2.05, 4.69) is 14.6 Å². The largest absolute Gasteiger partial charge is 0.381 e. The Kier molecular flexibility index (Phi) is 4.46. The van der Waals surface area contributed by atoms with E-state index in [1.807, 2.05) is 55.7 Å². The first-order valence-electron chi connectivity index (χ1n) is 8.95. The lowest BCUT2D eigenvalue weighted by molar-refractivity contribution is 0.0615. The van der Waals surface area contributed by atoms with Crippen LogP contribution in [0.3, 0.4) is 0 Å². The van der Waals surface area contributed by atoms with Crippen molar-refractivity contribution in [3.63, 3.8) is 0 Å². The maximum Gasteiger partial charge on any atom is 0.275 e. The summed E-state index contributed by atoms with van der Waals surface area (Å²) in [6.45, 7) is 5.27. The van der Waals surface area contributed by atoms with Gasteiger partial charge < -0.3 is 14.2 Å². The van der Waals surface area contributed by atoms with Gasteiger partial charge in [-0.2, -0.15) is 5.10 Å². The van der Waals surface area contributed by atoms with E-state index >= 15 is 0 Å². The molecule has 0 bridgehead atoms. The summed E-state index contributed by atoms with van der Waals surface area (Å²) in [7, 11) is 1.87. The standard InChI is InChI=1S/C19H23N5O2/c1-3-26-12-14-9-23(11-15-8-20-13-24(15)10-14)19(25)18-16-6-4-5-7-17(16)22(2)21-18/h4-8,13-14H,3,9-12H2,1-2H3/t14-/m0/s1. The molecule has 7 nitrogen and oxygen atoms in total. The van der Waals surface area contributed by atoms with Gasteiger partial charge in [0, 0.05) is 44.2 Å². The highest BCUT2D eigenvalue weighted by molar-refractivity contribution is 6.04. The molecule has 0 fully saturated rings. The number of amides is 1. The fraction of sp³-hybridized carbons (Fsp3) is 0.421. The summed E-state index contributed by atoms with van der Waals surface area (Å²) >= 11 is 0. The van der Waals surface area contributed by atoms with Crippen molar-refractivity contribution >= 4 is 16.8 Å². The van der Waals surface area contributed by atoms with Crippen molar-refractivity contribution in [3.05, 3.63) is 48.2 Å². The topological polar surface area (TPSA) is 65.2 Å². The predicted octanol–water partition coefficient (Wildman–Crippen LogP) is 2.08. The Balaban J connectivity index is 1.67. The monoisotopic (exact) mass is 353 g/mol. The van der Waals surface area contributed by atoms with Crippen LogP contribution in [0.15, 0.2) is 36.8 Å². The minimum absolute atomic E-state index is 0.0436. The lowest BCUT2D eigenvalue weighted by atomic mass is 10.1. The van der Waals surface area contributed by atoms with Crippen molar-refractivity contribution < 1.29 is 9.53 Å². The van der Waals surface area contributed by atoms with Crippen LogP contribution in [0, 0.1) is 5.92 Å². The Morgan fingerprint density at radius 1 is 1.31 bits per heavy atom. The van der Waals surface area contributed by atoms with E-state index in [9.17, 15) is 4.79 Å². The zero-order chi connectivity index (χ0) is 18.1. The molecule has 7 heteroatoms. The first kappa shape index (κ1) is 16.8. The number of carbonyl (C=O) groups is 1. The number of rotatable bonds is 4. The predicted molar refractivity (Wildman–Crippen MR) is 97.7 cm³/mol. The molecule has 3 aromatic rings. The molecular formula is C19H23N5O2. The number of aromatic nitrogens is 4. The number of benzene rings is 1. The van der Waals surface area contributed by atoms with Gasteiger partial charge in [-0.1, -0.05) is 18.2 Å². The summed E-state index contributed by atoms with van der Waals surface area (Å²) in [6, 6.07) is 7.83. The number of nitrogens with zero attached hydrogens (tertiary/aromatic N) is 5. The summed E-state index contributed by atoms with van der Waals surface area (Å²) in [5.74, 6) is 0.183. The van der Waals surface area contributed by atoms with Gasteiger partial charge in [0.1, 0.15) is 0 Å². The fourth-order valence-electron chi connectivity index (χ4n) is 3.62. The van der Waals surface area contributed by atoms with Crippen molar-refractivity contribution in [1.29, 1.82) is 0 Å². The smallest absolute Gasteiger partial charge is 0.275 e. The van der Waals surface area contributed by atoms with Crippen molar-refractivity contribution in [2.24, 2.45) is 13.0 Å². The van der Waals surface area contributed by atoms with Crippen LogP contribution in [0.5, 0.6) is 0 Å².